The number of fused-ring (bicyclic) bond motifs is 2. The van der Waals surface area contributed by atoms with E-state index in [9.17, 15) is 28.0 Å². The van der Waals surface area contributed by atoms with Crippen LogP contribution >= 0.6 is 11.6 Å². The van der Waals surface area contributed by atoms with Crippen LogP contribution in [0.2, 0.25) is 5.02 Å². The molecule has 2 aromatic carbocycles. The second kappa shape index (κ2) is 11.5. The molecule has 5 rings (SSSR count). The highest BCUT2D eigenvalue weighted by Gasteiger charge is 2.51. The lowest BCUT2D eigenvalue weighted by Gasteiger charge is -2.44. The van der Waals surface area contributed by atoms with Gasteiger partial charge in [0.15, 0.2) is 11.6 Å². The van der Waals surface area contributed by atoms with E-state index in [0.717, 1.165) is 30.9 Å². The summed E-state index contributed by atoms with van der Waals surface area (Å²) in [6, 6.07) is 5.86. The minimum Gasteiger partial charge on any atom is -0.466 e. The number of nitrogens with zero attached hydrogens (tertiary/aromatic N) is 2. The van der Waals surface area contributed by atoms with E-state index >= 15 is 0 Å². The third kappa shape index (κ3) is 5.64. The Labute approximate surface area is 238 Å². The van der Waals surface area contributed by atoms with Crippen molar-refractivity contribution in [3.8, 4) is 0 Å². The van der Waals surface area contributed by atoms with Crippen LogP contribution in [-0.2, 0) is 24.6 Å². The molecule has 0 bridgehead atoms. The van der Waals surface area contributed by atoms with Gasteiger partial charge in [0, 0.05) is 43.1 Å². The Morgan fingerprint density at radius 1 is 1.15 bits per heavy atom. The fourth-order valence-electron chi connectivity index (χ4n) is 5.46. The van der Waals surface area contributed by atoms with Crippen molar-refractivity contribution >= 4 is 41.5 Å². The summed E-state index contributed by atoms with van der Waals surface area (Å²) in [5, 5.41) is 5.88. The molecular weight excluding hydrogens is 566 g/mol. The first-order valence-electron chi connectivity index (χ1n) is 12.9. The number of likely N-dealkylation sites (tertiary alicyclic amines) is 1. The minimum absolute atomic E-state index is 0.0102. The Morgan fingerprint density at radius 3 is 2.61 bits per heavy atom. The molecule has 2 unspecified atom stereocenters. The van der Waals surface area contributed by atoms with Crippen LogP contribution in [0.25, 0.3) is 0 Å². The summed E-state index contributed by atoms with van der Waals surface area (Å²) in [5.74, 6) is -3.28. The van der Waals surface area contributed by atoms with Gasteiger partial charge in [-0.3, -0.25) is 5.32 Å². The molecule has 4 amide bonds. The number of rotatable bonds is 6. The second-order valence-electron chi connectivity index (χ2n) is 9.94. The van der Waals surface area contributed by atoms with E-state index in [4.69, 9.17) is 21.1 Å². The van der Waals surface area contributed by atoms with Gasteiger partial charge in [0.2, 0.25) is 6.10 Å². The number of halogens is 3. The highest BCUT2D eigenvalue weighted by molar-refractivity contribution is 6.30. The molecular formula is C27H27ClF2N4O7. The average Bonchev–Trinajstić information content (AvgIpc) is 3.30. The number of hydrogen-bond donors (Lipinski definition) is 2. The van der Waals surface area contributed by atoms with Crippen LogP contribution in [0.3, 0.4) is 0 Å². The van der Waals surface area contributed by atoms with Crippen molar-refractivity contribution in [3.05, 3.63) is 64.2 Å². The molecule has 3 heterocycles. The third-order valence-electron chi connectivity index (χ3n) is 7.52. The van der Waals surface area contributed by atoms with Crippen molar-refractivity contribution in [2.75, 3.05) is 38.6 Å². The maximum atomic E-state index is 13.9. The van der Waals surface area contributed by atoms with Crippen molar-refractivity contribution in [1.29, 1.82) is 0 Å². The first kappa shape index (κ1) is 28.6. The molecule has 0 saturated carbocycles. The fraction of sp³-hybridized carbons (Fsp3) is 0.407. The van der Waals surface area contributed by atoms with Gasteiger partial charge < -0.3 is 24.4 Å². The minimum atomic E-state index is -1.55. The summed E-state index contributed by atoms with van der Waals surface area (Å²) >= 11 is 6.20. The van der Waals surface area contributed by atoms with Crippen molar-refractivity contribution in [2.24, 2.45) is 0 Å². The molecule has 0 aromatic heterocycles. The molecule has 3 aliphatic heterocycles. The van der Waals surface area contributed by atoms with Gasteiger partial charge >= 0.3 is 24.2 Å². The number of esters is 1. The molecule has 11 nitrogen and oxygen atoms in total. The predicted octanol–water partition coefficient (Wildman–Crippen LogP) is 4.31. The first-order valence-corrected chi connectivity index (χ1v) is 13.3. The van der Waals surface area contributed by atoms with Crippen LogP contribution in [0, 0.1) is 11.6 Å². The largest absolute Gasteiger partial charge is 0.466 e. The lowest BCUT2D eigenvalue weighted by molar-refractivity contribution is -0.150. The number of carbonyl (C=O) groups is 4. The number of piperidine rings is 1. The normalized spacial score (nSPS) is 21.5. The Morgan fingerprint density at radius 2 is 1.90 bits per heavy atom. The monoisotopic (exact) mass is 592 g/mol. The third-order valence-corrected chi connectivity index (χ3v) is 7.75. The quantitative estimate of drug-likeness (QED) is 0.289. The summed E-state index contributed by atoms with van der Waals surface area (Å²) < 4.78 is 42.9. The van der Waals surface area contributed by atoms with Gasteiger partial charge in [-0.05, 0) is 48.9 Å². The maximum absolute atomic E-state index is 13.9. The number of nitrogens with one attached hydrogen (secondary N) is 2. The Hall–Kier alpha value is -3.97. The number of ether oxygens (including phenoxy) is 3. The van der Waals surface area contributed by atoms with Crippen LogP contribution < -0.4 is 10.6 Å². The van der Waals surface area contributed by atoms with E-state index in [1.807, 2.05) is 6.07 Å². The van der Waals surface area contributed by atoms with E-state index in [0.29, 0.717) is 54.5 Å². The van der Waals surface area contributed by atoms with E-state index in [1.165, 1.54) is 0 Å². The summed E-state index contributed by atoms with van der Waals surface area (Å²) in [4.78, 5) is 52.8. The maximum Gasteiger partial charge on any atom is 0.419 e. The lowest BCUT2D eigenvalue weighted by atomic mass is 9.82. The molecule has 2 fully saturated rings. The first-order chi connectivity index (χ1) is 19.6. The summed E-state index contributed by atoms with van der Waals surface area (Å²) in [6.07, 6.45) is -1.54. The molecule has 2 aromatic rings. The van der Waals surface area contributed by atoms with Crippen molar-refractivity contribution in [3.63, 3.8) is 0 Å². The molecule has 3 aliphatic rings. The number of amides is 4. The SMILES string of the molecule is COC(=O)C1OC(=O)N(C(=O)NCCCN2CCC3(CC2)OC(=O)Nc2ccc(Cl)cc23)C1c1ccc(F)c(F)c1. The van der Waals surface area contributed by atoms with Crippen LogP contribution in [0.1, 0.15) is 36.4 Å². The van der Waals surface area contributed by atoms with Gasteiger partial charge in [0.05, 0.1) is 12.8 Å². The number of hydrogen-bond acceptors (Lipinski definition) is 8. The van der Waals surface area contributed by atoms with Gasteiger partial charge in [-0.15, -0.1) is 0 Å². The van der Waals surface area contributed by atoms with E-state index < -0.39 is 53.6 Å². The molecule has 218 valence electrons. The molecule has 2 saturated heterocycles. The average molecular weight is 593 g/mol. The molecule has 0 aliphatic carbocycles. The zero-order chi connectivity index (χ0) is 29.3. The standard InChI is InChI=1S/C27H27ClF2N4O7/c1-39-23(35)22-21(15-3-5-18(29)19(30)13-15)34(26(38)40-22)24(36)31-9-2-10-33-11-7-27(8-12-33)17-14-16(28)4-6-20(17)32-25(37)41-27/h3-6,13-14,21-22H,2,7-12H2,1H3,(H,31,36)(H,32,37). The Bertz CT molecular complexity index is 1390. The van der Waals surface area contributed by atoms with Crippen LogP contribution in [0.15, 0.2) is 36.4 Å². The molecule has 14 heteroatoms. The van der Waals surface area contributed by atoms with Crippen molar-refractivity contribution in [1.82, 2.24) is 15.1 Å². The second-order valence-corrected chi connectivity index (χ2v) is 10.4. The number of cyclic esters (lactones) is 1. The predicted molar refractivity (Wildman–Crippen MR) is 140 cm³/mol. The van der Waals surface area contributed by atoms with Crippen LogP contribution in [0.5, 0.6) is 0 Å². The van der Waals surface area contributed by atoms with E-state index in [-0.39, 0.29) is 12.1 Å². The number of methoxy groups -OCH3 is 1. The van der Waals surface area contributed by atoms with Gasteiger partial charge in [-0.1, -0.05) is 17.7 Å². The highest BCUT2D eigenvalue weighted by Crippen LogP contribution is 2.44. The fourth-order valence-corrected chi connectivity index (χ4v) is 5.64. The number of carbonyl (C=O) groups excluding carboxylic acids is 4. The molecule has 2 atom stereocenters. The summed E-state index contributed by atoms with van der Waals surface area (Å²) in [5.41, 5.74) is 0.742. The van der Waals surface area contributed by atoms with Gasteiger partial charge in [-0.2, -0.15) is 0 Å². The van der Waals surface area contributed by atoms with Gasteiger partial charge in [0.1, 0.15) is 11.6 Å². The Kier molecular flexibility index (Phi) is 8.00. The van der Waals surface area contributed by atoms with Crippen LogP contribution in [-0.4, -0.2) is 73.4 Å². The lowest BCUT2D eigenvalue weighted by Crippen LogP contribution is -2.49. The summed E-state index contributed by atoms with van der Waals surface area (Å²) in [6.45, 7) is 2.04. The number of benzene rings is 2. The Balaban J connectivity index is 1.17. The smallest absolute Gasteiger partial charge is 0.419 e. The molecule has 0 radical (unpaired) electrons. The van der Waals surface area contributed by atoms with Gasteiger partial charge in [0.25, 0.3) is 0 Å². The van der Waals surface area contributed by atoms with Crippen molar-refractivity contribution in [2.45, 2.75) is 37.0 Å². The van der Waals surface area contributed by atoms with E-state index in [2.05, 4.69) is 20.3 Å². The highest BCUT2D eigenvalue weighted by atomic mass is 35.5. The molecule has 1 spiro atoms. The van der Waals surface area contributed by atoms with Crippen LogP contribution in [0.4, 0.5) is 28.9 Å². The number of imide groups is 1. The zero-order valence-corrected chi connectivity index (χ0v) is 22.7. The zero-order valence-electron chi connectivity index (χ0n) is 22.0. The van der Waals surface area contributed by atoms with Crippen molar-refractivity contribution < 1.29 is 42.2 Å². The number of anilines is 1. The molecule has 41 heavy (non-hydrogen) atoms. The number of urea groups is 1. The van der Waals surface area contributed by atoms with E-state index in [1.54, 1.807) is 12.1 Å². The summed E-state index contributed by atoms with van der Waals surface area (Å²) in [7, 11) is 1.08. The molecule has 2 N–H and O–H groups in total. The topological polar surface area (TPSA) is 127 Å². The van der Waals surface area contributed by atoms with Gasteiger partial charge in [-0.25, -0.2) is 32.9 Å².